The average Bonchev–Trinajstić information content (AvgIpc) is 2.88. The third-order valence-corrected chi connectivity index (χ3v) is 7.98. The number of benzene rings is 2. The van der Waals surface area contributed by atoms with Gasteiger partial charge in [-0.15, -0.1) is 0 Å². The number of aryl methyl sites for hydroxylation is 1. The summed E-state index contributed by atoms with van der Waals surface area (Å²) in [6, 6.07) is 12.7. The van der Waals surface area contributed by atoms with Crippen molar-refractivity contribution in [2.75, 3.05) is 25.0 Å². The van der Waals surface area contributed by atoms with Gasteiger partial charge in [-0.25, -0.2) is 8.42 Å². The molecule has 2 atom stereocenters. The van der Waals surface area contributed by atoms with Crippen LogP contribution in [-0.2, 0) is 42.0 Å². The molecule has 0 spiro atoms. The second-order valence-corrected chi connectivity index (χ2v) is 10.8. The highest BCUT2D eigenvalue weighted by Gasteiger charge is 2.35. The van der Waals surface area contributed by atoms with Crippen molar-refractivity contribution in [1.82, 2.24) is 9.62 Å². The molecule has 2 N–H and O–H groups in total. The van der Waals surface area contributed by atoms with Crippen molar-refractivity contribution in [3.8, 4) is 0 Å². The molecule has 192 valence electrons. The molecule has 0 aromatic heterocycles. The van der Waals surface area contributed by atoms with E-state index in [4.69, 9.17) is 4.74 Å². The Morgan fingerprint density at radius 3 is 2.69 bits per heavy atom. The van der Waals surface area contributed by atoms with Gasteiger partial charge in [0, 0.05) is 25.2 Å². The first-order valence-electron chi connectivity index (χ1n) is 12.2. The maximum absolute atomic E-state index is 13.6. The Labute approximate surface area is 211 Å². The van der Waals surface area contributed by atoms with Gasteiger partial charge < -0.3 is 15.0 Å². The molecule has 4 rings (SSSR count). The van der Waals surface area contributed by atoms with Gasteiger partial charge in [0.25, 0.3) is 0 Å². The Hall–Kier alpha value is -3.24. The highest BCUT2D eigenvalue weighted by atomic mass is 32.2. The van der Waals surface area contributed by atoms with E-state index in [1.54, 1.807) is 24.0 Å². The normalized spacial score (nSPS) is 18.6. The van der Waals surface area contributed by atoms with Crippen LogP contribution in [0.15, 0.2) is 53.4 Å². The molecular formula is C26H31N3O6S. The second kappa shape index (κ2) is 11.2. The summed E-state index contributed by atoms with van der Waals surface area (Å²) in [4.78, 5) is 39.1. The Bertz CT molecular complexity index is 1230. The zero-order valence-corrected chi connectivity index (χ0v) is 21.1. The third kappa shape index (κ3) is 6.11. The summed E-state index contributed by atoms with van der Waals surface area (Å²) >= 11 is 0. The Balaban J connectivity index is 1.57. The Kier molecular flexibility index (Phi) is 8.05. The maximum atomic E-state index is 13.6. The van der Waals surface area contributed by atoms with Gasteiger partial charge in [0.05, 0.1) is 17.4 Å². The highest BCUT2D eigenvalue weighted by Crippen LogP contribution is 2.26. The van der Waals surface area contributed by atoms with Crippen LogP contribution in [0.5, 0.6) is 0 Å². The van der Waals surface area contributed by atoms with Crippen molar-refractivity contribution in [2.45, 2.75) is 50.0 Å². The summed E-state index contributed by atoms with van der Waals surface area (Å²) in [7, 11) is -4.05. The number of anilines is 1. The topological polar surface area (TPSA) is 122 Å². The molecule has 2 aromatic rings. The van der Waals surface area contributed by atoms with Crippen molar-refractivity contribution < 1.29 is 27.5 Å². The molecule has 1 fully saturated rings. The number of ether oxygens (including phenoxy) is 1. The molecular weight excluding hydrogens is 482 g/mol. The average molecular weight is 514 g/mol. The minimum absolute atomic E-state index is 0.0336. The fourth-order valence-corrected chi connectivity index (χ4v) is 5.90. The van der Waals surface area contributed by atoms with Crippen molar-refractivity contribution in [1.29, 1.82) is 0 Å². The van der Waals surface area contributed by atoms with Gasteiger partial charge >= 0.3 is 5.97 Å². The molecule has 0 radical (unpaired) electrons. The molecule has 9 nitrogen and oxygen atoms in total. The maximum Gasteiger partial charge on any atom is 0.310 e. The van der Waals surface area contributed by atoms with Crippen molar-refractivity contribution in [3.05, 3.63) is 59.7 Å². The quantitative estimate of drug-likeness (QED) is 0.522. The third-order valence-electron chi connectivity index (χ3n) is 6.51. The van der Waals surface area contributed by atoms with Crippen LogP contribution in [0.4, 0.5) is 5.69 Å². The van der Waals surface area contributed by atoms with Gasteiger partial charge in [-0.1, -0.05) is 30.3 Å². The van der Waals surface area contributed by atoms with E-state index in [-0.39, 0.29) is 48.7 Å². The molecule has 10 heteroatoms. The van der Waals surface area contributed by atoms with Crippen LogP contribution in [0.1, 0.15) is 37.3 Å². The first-order valence-corrected chi connectivity index (χ1v) is 13.7. The highest BCUT2D eigenvalue weighted by molar-refractivity contribution is 7.89. The standard InChI is InChI=1S/C26H31N3O6S/c1-2-35-26(32)20-9-6-14-29(17-20)25(31)23(15-18-7-4-3-5-8-18)28-36(33,34)21-11-12-22-19(16-21)10-13-24(30)27-22/h3-5,7-8,11-12,16,20,23,28H,2,6,9-10,13-15,17H2,1H3,(H,27,30)/t20-,23-/m0/s1. The number of sulfonamides is 1. The minimum atomic E-state index is -4.05. The summed E-state index contributed by atoms with van der Waals surface area (Å²) in [5.74, 6) is -1.24. The van der Waals surface area contributed by atoms with E-state index in [9.17, 15) is 22.8 Å². The number of amides is 2. The second-order valence-electron chi connectivity index (χ2n) is 9.11. The molecule has 1 saturated heterocycles. The first-order chi connectivity index (χ1) is 17.3. The summed E-state index contributed by atoms with van der Waals surface area (Å²) in [5, 5.41) is 2.74. The first kappa shape index (κ1) is 25.8. The van der Waals surface area contributed by atoms with Gasteiger partial charge in [0.2, 0.25) is 21.8 Å². The zero-order valence-electron chi connectivity index (χ0n) is 20.2. The number of carbonyl (C=O) groups excluding carboxylic acids is 3. The SMILES string of the molecule is CCOC(=O)[C@H]1CCCN(C(=O)[C@H](Cc2ccccc2)NS(=O)(=O)c2ccc3c(c2)CCC(=O)N3)C1. The largest absolute Gasteiger partial charge is 0.466 e. The number of hydrogen-bond acceptors (Lipinski definition) is 6. The van der Waals surface area contributed by atoms with Gasteiger partial charge in [-0.05, 0) is 61.9 Å². The summed E-state index contributed by atoms with van der Waals surface area (Å²) < 4.78 is 34.5. The van der Waals surface area contributed by atoms with E-state index in [2.05, 4.69) is 10.0 Å². The molecule has 2 aliphatic rings. The van der Waals surface area contributed by atoms with E-state index in [0.717, 1.165) is 11.1 Å². The molecule has 2 amide bonds. The van der Waals surface area contributed by atoms with E-state index in [1.165, 1.54) is 6.07 Å². The molecule has 2 aliphatic heterocycles. The lowest BCUT2D eigenvalue weighted by molar-refractivity contribution is -0.151. The smallest absolute Gasteiger partial charge is 0.310 e. The number of esters is 1. The summed E-state index contributed by atoms with van der Waals surface area (Å²) in [6.45, 7) is 2.65. The van der Waals surface area contributed by atoms with Gasteiger partial charge in [-0.2, -0.15) is 4.72 Å². The van der Waals surface area contributed by atoms with Gasteiger partial charge in [-0.3, -0.25) is 14.4 Å². The lowest BCUT2D eigenvalue weighted by Crippen LogP contribution is -2.53. The fourth-order valence-electron chi connectivity index (χ4n) is 4.66. The molecule has 2 aromatic carbocycles. The van der Waals surface area contributed by atoms with Crippen LogP contribution in [0.25, 0.3) is 0 Å². The van der Waals surface area contributed by atoms with E-state index in [0.29, 0.717) is 31.5 Å². The lowest BCUT2D eigenvalue weighted by atomic mass is 9.97. The van der Waals surface area contributed by atoms with Crippen LogP contribution in [0, 0.1) is 5.92 Å². The minimum Gasteiger partial charge on any atom is -0.466 e. The Morgan fingerprint density at radius 2 is 1.94 bits per heavy atom. The zero-order chi connectivity index (χ0) is 25.7. The number of carbonyl (C=O) groups is 3. The number of likely N-dealkylation sites (tertiary alicyclic amines) is 1. The van der Waals surface area contributed by atoms with Crippen LogP contribution in [0.2, 0.25) is 0 Å². The monoisotopic (exact) mass is 513 g/mol. The molecule has 0 unspecified atom stereocenters. The van der Waals surface area contributed by atoms with E-state index < -0.39 is 22.0 Å². The summed E-state index contributed by atoms with van der Waals surface area (Å²) in [5.41, 5.74) is 2.14. The predicted octanol–water partition coefficient (Wildman–Crippen LogP) is 2.26. The molecule has 36 heavy (non-hydrogen) atoms. The van der Waals surface area contributed by atoms with E-state index >= 15 is 0 Å². The van der Waals surface area contributed by atoms with Crippen LogP contribution < -0.4 is 10.0 Å². The van der Waals surface area contributed by atoms with Crippen LogP contribution in [-0.4, -0.2) is 56.8 Å². The molecule has 2 heterocycles. The number of nitrogens with one attached hydrogen (secondary N) is 2. The van der Waals surface area contributed by atoms with Crippen LogP contribution in [0.3, 0.4) is 0 Å². The lowest BCUT2D eigenvalue weighted by Gasteiger charge is -2.34. The molecule has 0 aliphatic carbocycles. The number of fused-ring (bicyclic) bond motifs is 1. The van der Waals surface area contributed by atoms with E-state index in [1.807, 2.05) is 30.3 Å². The fraction of sp³-hybridized carbons (Fsp3) is 0.423. The number of nitrogens with zero attached hydrogens (tertiary/aromatic N) is 1. The number of rotatable bonds is 8. The van der Waals surface area contributed by atoms with Gasteiger partial charge in [0.1, 0.15) is 6.04 Å². The molecule has 0 saturated carbocycles. The van der Waals surface area contributed by atoms with Crippen molar-refractivity contribution >= 4 is 33.5 Å². The number of piperidine rings is 1. The molecule has 0 bridgehead atoms. The Morgan fingerprint density at radius 1 is 1.17 bits per heavy atom. The van der Waals surface area contributed by atoms with Crippen molar-refractivity contribution in [2.24, 2.45) is 5.92 Å². The number of hydrogen-bond donors (Lipinski definition) is 2. The predicted molar refractivity (Wildman–Crippen MR) is 134 cm³/mol. The summed E-state index contributed by atoms with van der Waals surface area (Å²) in [6.07, 6.45) is 2.16. The van der Waals surface area contributed by atoms with Crippen molar-refractivity contribution in [3.63, 3.8) is 0 Å². The van der Waals surface area contributed by atoms with Crippen LogP contribution >= 0.6 is 0 Å². The van der Waals surface area contributed by atoms with Gasteiger partial charge in [0.15, 0.2) is 0 Å².